The minimum atomic E-state index is -3.55. The molecule has 130 valence electrons. The molecule has 0 bridgehead atoms. The van der Waals surface area contributed by atoms with Gasteiger partial charge in [-0.15, -0.1) is 0 Å². The number of piperazine rings is 1. The summed E-state index contributed by atoms with van der Waals surface area (Å²) in [5, 5.41) is 0. The van der Waals surface area contributed by atoms with Crippen LogP contribution in [0.15, 0.2) is 21.5 Å². The van der Waals surface area contributed by atoms with Crippen LogP contribution >= 0.6 is 15.9 Å². The molecule has 1 aliphatic heterocycles. The largest absolute Gasteiger partial charge is 0.493 e. The molecule has 1 fully saturated rings. The van der Waals surface area contributed by atoms with E-state index >= 15 is 0 Å². The second-order valence-corrected chi connectivity index (χ2v) is 8.30. The van der Waals surface area contributed by atoms with Gasteiger partial charge in [0.25, 0.3) is 0 Å². The lowest BCUT2D eigenvalue weighted by Crippen LogP contribution is -3.14. The smallest absolute Gasteiger partial charge is 0.244 e. The molecular weight excluding hydrogens is 384 g/mol. The second kappa shape index (κ2) is 7.83. The Morgan fingerprint density at radius 3 is 2.26 bits per heavy atom. The number of halogens is 1. The summed E-state index contributed by atoms with van der Waals surface area (Å²) in [6.07, 6.45) is 1.11. The molecule has 1 aromatic rings. The number of benzene rings is 1. The maximum absolute atomic E-state index is 12.9. The third kappa shape index (κ3) is 3.99. The predicted octanol–water partition coefficient (Wildman–Crippen LogP) is 0.766. The Morgan fingerprint density at radius 2 is 1.74 bits per heavy atom. The van der Waals surface area contributed by atoms with Gasteiger partial charge >= 0.3 is 0 Å². The topological polar surface area (TPSA) is 60.3 Å². The second-order valence-electron chi connectivity index (χ2n) is 5.54. The summed E-state index contributed by atoms with van der Waals surface area (Å²) < 4.78 is 38.3. The van der Waals surface area contributed by atoms with Crippen molar-refractivity contribution in [3.63, 3.8) is 0 Å². The van der Waals surface area contributed by atoms with Crippen molar-refractivity contribution in [3.8, 4) is 11.5 Å². The third-order valence-electron chi connectivity index (χ3n) is 4.09. The van der Waals surface area contributed by atoms with Crippen molar-refractivity contribution in [1.29, 1.82) is 0 Å². The Labute approximate surface area is 146 Å². The van der Waals surface area contributed by atoms with Gasteiger partial charge < -0.3 is 14.4 Å². The Balaban J connectivity index is 2.27. The van der Waals surface area contributed by atoms with Crippen LogP contribution in [-0.2, 0) is 10.0 Å². The van der Waals surface area contributed by atoms with Crippen molar-refractivity contribution in [2.24, 2.45) is 0 Å². The molecule has 0 aliphatic carbocycles. The molecule has 0 atom stereocenters. The lowest BCUT2D eigenvalue weighted by Gasteiger charge is -2.31. The molecule has 1 aliphatic rings. The lowest BCUT2D eigenvalue weighted by molar-refractivity contribution is -0.903. The molecule has 23 heavy (non-hydrogen) atoms. The zero-order valence-electron chi connectivity index (χ0n) is 13.8. The first-order valence-corrected chi connectivity index (χ1v) is 9.92. The third-order valence-corrected chi connectivity index (χ3v) is 6.95. The van der Waals surface area contributed by atoms with Gasteiger partial charge in [0.1, 0.15) is 4.90 Å². The van der Waals surface area contributed by atoms with Gasteiger partial charge in [-0.2, -0.15) is 4.31 Å². The molecule has 8 heteroatoms. The van der Waals surface area contributed by atoms with Gasteiger partial charge in [0.15, 0.2) is 11.5 Å². The number of rotatable bonds is 6. The van der Waals surface area contributed by atoms with Crippen LogP contribution in [0.5, 0.6) is 11.5 Å². The van der Waals surface area contributed by atoms with Crippen molar-refractivity contribution >= 4 is 26.0 Å². The molecule has 2 rings (SSSR count). The van der Waals surface area contributed by atoms with Crippen molar-refractivity contribution in [2.45, 2.75) is 18.2 Å². The molecule has 0 aromatic heterocycles. The van der Waals surface area contributed by atoms with Gasteiger partial charge in [0.2, 0.25) is 10.0 Å². The van der Waals surface area contributed by atoms with Crippen LogP contribution in [0.1, 0.15) is 13.3 Å². The summed E-state index contributed by atoms with van der Waals surface area (Å²) in [5.41, 5.74) is 0. The molecular formula is C15H24BrN2O4S+. The molecule has 1 aromatic carbocycles. The first-order valence-electron chi connectivity index (χ1n) is 7.69. The Morgan fingerprint density at radius 1 is 1.17 bits per heavy atom. The first kappa shape index (κ1) is 18.5. The molecule has 1 saturated heterocycles. The van der Waals surface area contributed by atoms with Crippen LogP contribution in [0.25, 0.3) is 0 Å². The number of nitrogens with zero attached hydrogens (tertiary/aromatic N) is 1. The van der Waals surface area contributed by atoms with E-state index in [-0.39, 0.29) is 4.90 Å². The van der Waals surface area contributed by atoms with E-state index in [1.807, 2.05) is 0 Å². The fourth-order valence-electron chi connectivity index (χ4n) is 2.82. The van der Waals surface area contributed by atoms with E-state index in [2.05, 4.69) is 22.9 Å². The summed E-state index contributed by atoms with van der Waals surface area (Å²) in [6, 6.07) is 3.15. The monoisotopic (exact) mass is 407 g/mol. The maximum atomic E-state index is 12.9. The van der Waals surface area contributed by atoms with Crippen molar-refractivity contribution in [2.75, 3.05) is 46.9 Å². The normalized spacial score (nSPS) is 17.2. The minimum Gasteiger partial charge on any atom is -0.493 e. The first-order chi connectivity index (χ1) is 10.9. The number of nitrogens with one attached hydrogen (secondary N) is 1. The highest BCUT2D eigenvalue weighted by molar-refractivity contribution is 9.10. The Bertz CT molecular complexity index is 643. The number of methoxy groups -OCH3 is 2. The number of ether oxygens (including phenoxy) is 2. The Hall–Kier alpha value is -0.830. The summed E-state index contributed by atoms with van der Waals surface area (Å²) in [4.78, 5) is 1.68. The van der Waals surface area contributed by atoms with E-state index in [0.717, 1.165) is 26.1 Å². The average molecular weight is 408 g/mol. The van der Waals surface area contributed by atoms with Gasteiger partial charge in [-0.25, -0.2) is 8.42 Å². The van der Waals surface area contributed by atoms with Crippen LogP contribution in [0.4, 0.5) is 0 Å². The van der Waals surface area contributed by atoms with E-state index in [1.165, 1.54) is 25.2 Å². The standard InChI is InChI=1S/C15H23BrN2O4S/c1-4-5-17-6-8-18(9-7-17)23(19,20)15-11-14(22-3)13(21-2)10-12(15)16/h10-11H,4-9H2,1-3H3/p+1. The maximum Gasteiger partial charge on any atom is 0.244 e. The average Bonchev–Trinajstić information content (AvgIpc) is 2.55. The lowest BCUT2D eigenvalue weighted by atomic mass is 10.3. The highest BCUT2D eigenvalue weighted by atomic mass is 79.9. The fourth-order valence-corrected chi connectivity index (χ4v) is 5.26. The number of sulfonamides is 1. The quantitative estimate of drug-likeness (QED) is 0.756. The van der Waals surface area contributed by atoms with Crippen LogP contribution in [0, 0.1) is 0 Å². The Kier molecular flexibility index (Phi) is 6.30. The predicted molar refractivity (Wildman–Crippen MR) is 91.9 cm³/mol. The van der Waals surface area contributed by atoms with E-state index in [0.29, 0.717) is 29.1 Å². The molecule has 0 amide bonds. The summed E-state index contributed by atoms with van der Waals surface area (Å²) >= 11 is 3.34. The van der Waals surface area contributed by atoms with E-state index in [4.69, 9.17) is 9.47 Å². The van der Waals surface area contributed by atoms with Crippen LogP contribution in [-0.4, -0.2) is 59.7 Å². The molecule has 0 spiro atoms. The number of hydrogen-bond acceptors (Lipinski definition) is 4. The van der Waals surface area contributed by atoms with Crippen molar-refractivity contribution in [3.05, 3.63) is 16.6 Å². The molecule has 0 saturated carbocycles. The molecule has 1 N–H and O–H groups in total. The van der Waals surface area contributed by atoms with Crippen LogP contribution in [0.2, 0.25) is 0 Å². The van der Waals surface area contributed by atoms with Crippen molar-refractivity contribution in [1.82, 2.24) is 4.31 Å². The highest BCUT2D eigenvalue weighted by Gasteiger charge is 2.32. The zero-order valence-corrected chi connectivity index (χ0v) is 16.2. The van der Waals surface area contributed by atoms with Gasteiger partial charge in [-0.05, 0) is 28.4 Å². The fraction of sp³-hybridized carbons (Fsp3) is 0.600. The molecule has 0 unspecified atom stereocenters. The molecule has 0 radical (unpaired) electrons. The van der Waals surface area contributed by atoms with Gasteiger partial charge in [0, 0.05) is 10.5 Å². The summed E-state index contributed by atoms with van der Waals surface area (Å²) in [5.74, 6) is 0.903. The van der Waals surface area contributed by atoms with Gasteiger partial charge in [-0.3, -0.25) is 0 Å². The molecule has 1 heterocycles. The van der Waals surface area contributed by atoms with Crippen LogP contribution < -0.4 is 14.4 Å². The van der Waals surface area contributed by atoms with Crippen molar-refractivity contribution < 1.29 is 22.8 Å². The highest BCUT2D eigenvalue weighted by Crippen LogP contribution is 2.36. The van der Waals surface area contributed by atoms with E-state index < -0.39 is 10.0 Å². The van der Waals surface area contributed by atoms with Crippen LogP contribution in [0.3, 0.4) is 0 Å². The molecule has 6 nitrogen and oxygen atoms in total. The summed E-state index contributed by atoms with van der Waals surface area (Å²) in [6.45, 7) is 6.01. The van der Waals surface area contributed by atoms with E-state index in [9.17, 15) is 8.42 Å². The van der Waals surface area contributed by atoms with E-state index in [1.54, 1.807) is 10.4 Å². The van der Waals surface area contributed by atoms with Gasteiger partial charge in [-0.1, -0.05) is 6.92 Å². The SMILES string of the molecule is CCC[NH+]1CCN(S(=O)(=O)c2cc(OC)c(OC)cc2Br)CC1. The summed E-state index contributed by atoms with van der Waals surface area (Å²) in [7, 11) is -0.534. The number of quaternary nitrogens is 1. The van der Waals surface area contributed by atoms with Gasteiger partial charge in [0.05, 0.1) is 46.9 Å². The zero-order chi connectivity index (χ0) is 17.0. The number of hydrogen-bond donors (Lipinski definition) is 1. The minimum absolute atomic E-state index is 0.217.